The Hall–Kier alpha value is -2.07. The Bertz CT molecular complexity index is 574. The number of hydrogen-bond donors (Lipinski definition) is 2. The standard InChI is InChI=1S/C15H18N2O2/c1-10-8-9-17-14(16)13(10)15(2,18)11-6-4-5-7-12(11)19-3/h4-9,18H,1-3H3,(H2,16,17). The van der Waals surface area contributed by atoms with Gasteiger partial charge in [0.05, 0.1) is 7.11 Å². The number of anilines is 1. The zero-order chi connectivity index (χ0) is 14.0. The third-order valence-corrected chi connectivity index (χ3v) is 3.31. The van der Waals surface area contributed by atoms with Gasteiger partial charge in [-0.2, -0.15) is 0 Å². The van der Waals surface area contributed by atoms with Gasteiger partial charge in [0, 0.05) is 17.3 Å². The lowest BCUT2D eigenvalue weighted by atomic mass is 9.85. The molecule has 4 heteroatoms. The number of nitrogens with zero attached hydrogens (tertiary/aromatic N) is 1. The Morgan fingerprint density at radius 1 is 1.26 bits per heavy atom. The first-order chi connectivity index (χ1) is 8.98. The van der Waals surface area contributed by atoms with Gasteiger partial charge in [0.2, 0.25) is 0 Å². The highest BCUT2D eigenvalue weighted by Gasteiger charge is 2.32. The summed E-state index contributed by atoms with van der Waals surface area (Å²) in [5, 5.41) is 10.9. The number of aliphatic hydroxyl groups is 1. The van der Waals surface area contributed by atoms with Crippen molar-refractivity contribution in [2.75, 3.05) is 12.8 Å². The van der Waals surface area contributed by atoms with Crippen LogP contribution in [-0.4, -0.2) is 17.2 Å². The summed E-state index contributed by atoms with van der Waals surface area (Å²) in [6, 6.07) is 9.18. The van der Waals surface area contributed by atoms with Crippen LogP contribution < -0.4 is 10.5 Å². The lowest BCUT2D eigenvalue weighted by Crippen LogP contribution is -2.26. The van der Waals surface area contributed by atoms with Crippen molar-refractivity contribution in [2.24, 2.45) is 0 Å². The zero-order valence-electron chi connectivity index (χ0n) is 11.3. The molecule has 4 nitrogen and oxygen atoms in total. The zero-order valence-corrected chi connectivity index (χ0v) is 11.3. The number of ether oxygens (including phenoxy) is 1. The normalized spacial score (nSPS) is 13.9. The molecule has 0 aliphatic carbocycles. The maximum Gasteiger partial charge on any atom is 0.130 e. The molecule has 0 radical (unpaired) electrons. The lowest BCUT2D eigenvalue weighted by Gasteiger charge is -2.28. The average Bonchev–Trinajstić information content (AvgIpc) is 2.38. The number of rotatable bonds is 3. The third kappa shape index (κ3) is 2.27. The molecule has 2 rings (SSSR count). The smallest absolute Gasteiger partial charge is 0.130 e. The second-order valence-electron chi connectivity index (χ2n) is 4.66. The van der Waals surface area contributed by atoms with Gasteiger partial charge in [0.15, 0.2) is 0 Å². The largest absolute Gasteiger partial charge is 0.496 e. The van der Waals surface area contributed by atoms with E-state index in [0.29, 0.717) is 22.7 Å². The van der Waals surface area contributed by atoms with Gasteiger partial charge in [-0.3, -0.25) is 0 Å². The molecule has 0 saturated carbocycles. The Morgan fingerprint density at radius 2 is 1.95 bits per heavy atom. The fourth-order valence-electron chi connectivity index (χ4n) is 2.39. The van der Waals surface area contributed by atoms with Crippen molar-refractivity contribution < 1.29 is 9.84 Å². The van der Waals surface area contributed by atoms with Gasteiger partial charge in [-0.1, -0.05) is 18.2 Å². The van der Waals surface area contributed by atoms with E-state index in [0.717, 1.165) is 5.56 Å². The van der Waals surface area contributed by atoms with Crippen LogP contribution in [-0.2, 0) is 5.60 Å². The van der Waals surface area contributed by atoms with Crippen LogP contribution in [0.15, 0.2) is 36.5 Å². The molecule has 19 heavy (non-hydrogen) atoms. The second-order valence-corrected chi connectivity index (χ2v) is 4.66. The van der Waals surface area contributed by atoms with E-state index in [2.05, 4.69) is 4.98 Å². The van der Waals surface area contributed by atoms with Crippen molar-refractivity contribution in [3.05, 3.63) is 53.2 Å². The summed E-state index contributed by atoms with van der Waals surface area (Å²) in [4.78, 5) is 4.06. The van der Waals surface area contributed by atoms with E-state index >= 15 is 0 Å². The molecule has 1 heterocycles. The van der Waals surface area contributed by atoms with E-state index in [4.69, 9.17) is 10.5 Å². The molecule has 1 atom stereocenters. The van der Waals surface area contributed by atoms with Crippen molar-refractivity contribution in [2.45, 2.75) is 19.4 Å². The summed E-state index contributed by atoms with van der Waals surface area (Å²) >= 11 is 0. The number of methoxy groups -OCH3 is 1. The summed E-state index contributed by atoms with van der Waals surface area (Å²) in [6.45, 7) is 3.60. The molecule has 1 aromatic carbocycles. The topological polar surface area (TPSA) is 68.4 Å². The molecule has 0 aliphatic heterocycles. The Morgan fingerprint density at radius 3 is 2.58 bits per heavy atom. The lowest BCUT2D eigenvalue weighted by molar-refractivity contribution is 0.0988. The molecule has 0 aliphatic rings. The number of aromatic nitrogens is 1. The predicted octanol–water partition coefficient (Wildman–Crippen LogP) is 2.24. The van der Waals surface area contributed by atoms with Gasteiger partial charge in [-0.05, 0) is 31.5 Å². The minimum atomic E-state index is -1.25. The number of hydrogen-bond acceptors (Lipinski definition) is 4. The van der Waals surface area contributed by atoms with Gasteiger partial charge in [-0.15, -0.1) is 0 Å². The SMILES string of the molecule is COc1ccccc1C(C)(O)c1c(C)ccnc1N. The molecule has 3 N–H and O–H groups in total. The third-order valence-electron chi connectivity index (χ3n) is 3.31. The number of aryl methyl sites for hydroxylation is 1. The summed E-state index contributed by atoms with van der Waals surface area (Å²) in [5.74, 6) is 0.950. The van der Waals surface area contributed by atoms with Crippen molar-refractivity contribution in [3.63, 3.8) is 0 Å². The first kappa shape index (κ1) is 13.4. The summed E-state index contributed by atoms with van der Waals surface area (Å²) < 4.78 is 5.31. The fourth-order valence-corrected chi connectivity index (χ4v) is 2.39. The molecule has 0 spiro atoms. The molecule has 2 aromatic rings. The van der Waals surface area contributed by atoms with Crippen LogP contribution in [0.3, 0.4) is 0 Å². The predicted molar refractivity (Wildman–Crippen MR) is 75.1 cm³/mol. The summed E-state index contributed by atoms with van der Waals surface area (Å²) in [5.41, 5.74) is 6.84. The van der Waals surface area contributed by atoms with E-state index in [1.165, 1.54) is 0 Å². The van der Waals surface area contributed by atoms with Crippen LogP contribution in [0.5, 0.6) is 5.75 Å². The highest BCUT2D eigenvalue weighted by Crippen LogP contribution is 2.38. The summed E-state index contributed by atoms with van der Waals surface area (Å²) in [6.07, 6.45) is 1.63. The van der Waals surface area contributed by atoms with Gasteiger partial charge in [0.1, 0.15) is 17.2 Å². The summed E-state index contributed by atoms with van der Waals surface area (Å²) in [7, 11) is 1.58. The van der Waals surface area contributed by atoms with Crippen molar-refractivity contribution in [1.82, 2.24) is 4.98 Å². The van der Waals surface area contributed by atoms with Crippen LogP contribution in [0, 0.1) is 6.92 Å². The molecule has 100 valence electrons. The van der Waals surface area contributed by atoms with Crippen LogP contribution in [0.2, 0.25) is 0 Å². The average molecular weight is 258 g/mol. The van der Waals surface area contributed by atoms with Crippen LogP contribution >= 0.6 is 0 Å². The molecular formula is C15H18N2O2. The quantitative estimate of drug-likeness (QED) is 0.886. The van der Waals surface area contributed by atoms with E-state index in [9.17, 15) is 5.11 Å². The van der Waals surface area contributed by atoms with Gasteiger partial charge < -0.3 is 15.6 Å². The number of pyridine rings is 1. The van der Waals surface area contributed by atoms with E-state index in [1.54, 1.807) is 20.2 Å². The molecule has 0 bridgehead atoms. The Kier molecular flexibility index (Phi) is 3.44. The molecule has 0 saturated heterocycles. The second kappa shape index (κ2) is 4.90. The highest BCUT2D eigenvalue weighted by molar-refractivity contribution is 5.54. The number of nitrogen functional groups attached to an aromatic ring is 1. The molecule has 0 amide bonds. The molecular weight excluding hydrogens is 240 g/mol. The molecule has 1 aromatic heterocycles. The number of para-hydroxylation sites is 1. The van der Waals surface area contributed by atoms with Crippen molar-refractivity contribution in [3.8, 4) is 5.75 Å². The minimum Gasteiger partial charge on any atom is -0.496 e. The van der Waals surface area contributed by atoms with Crippen molar-refractivity contribution >= 4 is 5.82 Å². The van der Waals surface area contributed by atoms with Gasteiger partial charge >= 0.3 is 0 Å². The molecule has 1 unspecified atom stereocenters. The number of benzene rings is 1. The van der Waals surface area contributed by atoms with Crippen molar-refractivity contribution in [1.29, 1.82) is 0 Å². The highest BCUT2D eigenvalue weighted by atomic mass is 16.5. The van der Waals surface area contributed by atoms with Crippen LogP contribution in [0.1, 0.15) is 23.6 Å². The maximum atomic E-state index is 10.9. The maximum absolute atomic E-state index is 10.9. The van der Waals surface area contributed by atoms with Crippen LogP contribution in [0.4, 0.5) is 5.82 Å². The van der Waals surface area contributed by atoms with Crippen LogP contribution in [0.25, 0.3) is 0 Å². The monoisotopic (exact) mass is 258 g/mol. The van der Waals surface area contributed by atoms with E-state index in [1.807, 2.05) is 37.3 Å². The van der Waals surface area contributed by atoms with Gasteiger partial charge in [-0.25, -0.2) is 4.98 Å². The van der Waals surface area contributed by atoms with E-state index in [-0.39, 0.29) is 0 Å². The molecule has 0 fully saturated rings. The minimum absolute atomic E-state index is 0.330. The first-order valence-electron chi connectivity index (χ1n) is 6.06. The van der Waals surface area contributed by atoms with E-state index < -0.39 is 5.60 Å². The fraction of sp³-hybridized carbons (Fsp3) is 0.267. The Labute approximate surface area is 112 Å². The van der Waals surface area contributed by atoms with Gasteiger partial charge in [0.25, 0.3) is 0 Å². The first-order valence-corrected chi connectivity index (χ1v) is 6.06. The number of nitrogens with two attached hydrogens (primary N) is 1. The Balaban J connectivity index is 2.65.